The van der Waals surface area contributed by atoms with Gasteiger partial charge in [-0.1, -0.05) is 130 Å². The summed E-state index contributed by atoms with van der Waals surface area (Å²) in [7, 11) is 0. The van der Waals surface area contributed by atoms with Gasteiger partial charge in [-0.2, -0.15) is 0 Å². The molecule has 0 aromatic carbocycles. The van der Waals surface area contributed by atoms with E-state index >= 15 is 0 Å². The SMILES string of the molecule is CCCCCCCCOC(=O)C(CCCCCCCC)CCCCCCCC.[SnH4]. The summed E-state index contributed by atoms with van der Waals surface area (Å²) >= 11 is 0. The molecule has 0 aliphatic rings. The summed E-state index contributed by atoms with van der Waals surface area (Å²) in [5.41, 5.74) is 0. The van der Waals surface area contributed by atoms with Crippen molar-refractivity contribution in [1.29, 1.82) is 0 Å². The Morgan fingerprint density at radius 1 is 0.552 bits per heavy atom. The quantitative estimate of drug-likeness (QED) is 0.0839. The molecule has 0 aromatic rings. The van der Waals surface area contributed by atoms with Crippen molar-refractivity contribution in [3.8, 4) is 0 Å². The molecule has 0 spiro atoms. The summed E-state index contributed by atoms with van der Waals surface area (Å²) in [6, 6.07) is 0. The molecule has 3 heteroatoms. The van der Waals surface area contributed by atoms with Crippen molar-refractivity contribution in [2.75, 3.05) is 6.61 Å². The number of esters is 1. The van der Waals surface area contributed by atoms with Gasteiger partial charge in [-0.25, -0.2) is 0 Å². The van der Waals surface area contributed by atoms with Crippen LogP contribution in [0.1, 0.15) is 149 Å². The van der Waals surface area contributed by atoms with E-state index in [-0.39, 0.29) is 35.8 Å². The first-order chi connectivity index (χ1) is 13.8. The predicted molar refractivity (Wildman–Crippen MR) is 135 cm³/mol. The summed E-state index contributed by atoms with van der Waals surface area (Å²) in [5, 5.41) is 0. The number of hydrogen-bond acceptors (Lipinski definition) is 2. The molecule has 0 amide bonds. The zero-order valence-corrected chi connectivity index (χ0v) is 19.7. The Morgan fingerprint density at radius 2 is 0.897 bits per heavy atom. The van der Waals surface area contributed by atoms with Crippen LogP contribution in [0, 0.1) is 5.92 Å². The molecule has 0 aliphatic heterocycles. The summed E-state index contributed by atoms with van der Waals surface area (Å²) in [4.78, 5) is 12.6. The molecule has 0 fully saturated rings. The maximum atomic E-state index is 12.6. The van der Waals surface area contributed by atoms with E-state index in [4.69, 9.17) is 4.74 Å². The molecule has 0 N–H and O–H groups in total. The number of carbonyl (C=O) groups excluding carboxylic acids is 1. The summed E-state index contributed by atoms with van der Waals surface area (Å²) in [5.74, 6) is 0.244. The van der Waals surface area contributed by atoms with Crippen molar-refractivity contribution in [3.05, 3.63) is 0 Å². The molecule has 0 radical (unpaired) electrons. The number of rotatable bonds is 22. The van der Waals surface area contributed by atoms with Gasteiger partial charge in [0.05, 0.1) is 12.5 Å². The van der Waals surface area contributed by atoms with Gasteiger partial charge >= 0.3 is 29.9 Å². The number of carbonyl (C=O) groups is 1. The van der Waals surface area contributed by atoms with Crippen LogP contribution in [-0.4, -0.2) is 36.5 Å². The second-order valence-electron chi connectivity index (χ2n) is 8.75. The third-order valence-electron chi connectivity index (χ3n) is 5.89. The van der Waals surface area contributed by atoms with Gasteiger partial charge in [0, 0.05) is 0 Å². The van der Waals surface area contributed by atoms with E-state index in [1.54, 1.807) is 0 Å². The first-order valence-electron chi connectivity index (χ1n) is 12.9. The van der Waals surface area contributed by atoms with Gasteiger partial charge in [0.15, 0.2) is 0 Å². The van der Waals surface area contributed by atoms with Gasteiger partial charge in [-0.3, -0.25) is 4.79 Å². The van der Waals surface area contributed by atoms with Crippen molar-refractivity contribution in [2.24, 2.45) is 5.92 Å². The van der Waals surface area contributed by atoms with Gasteiger partial charge in [-0.05, 0) is 19.3 Å². The van der Waals surface area contributed by atoms with Crippen LogP contribution < -0.4 is 0 Å². The van der Waals surface area contributed by atoms with Gasteiger partial charge in [-0.15, -0.1) is 0 Å². The number of ether oxygens (including phenoxy) is 1. The van der Waals surface area contributed by atoms with Crippen molar-refractivity contribution < 1.29 is 9.53 Å². The van der Waals surface area contributed by atoms with Crippen LogP contribution in [0.25, 0.3) is 0 Å². The van der Waals surface area contributed by atoms with Gasteiger partial charge in [0.1, 0.15) is 0 Å². The van der Waals surface area contributed by atoms with E-state index in [9.17, 15) is 4.79 Å². The first-order valence-corrected chi connectivity index (χ1v) is 12.9. The van der Waals surface area contributed by atoms with E-state index in [1.807, 2.05) is 0 Å². The minimum atomic E-state index is 0. The van der Waals surface area contributed by atoms with Crippen LogP contribution in [0.3, 0.4) is 0 Å². The molecule has 0 saturated heterocycles. The van der Waals surface area contributed by atoms with Crippen molar-refractivity contribution >= 4 is 29.9 Å². The second kappa shape index (κ2) is 26.3. The Morgan fingerprint density at radius 3 is 1.31 bits per heavy atom. The van der Waals surface area contributed by atoms with Crippen LogP contribution in [0.4, 0.5) is 0 Å². The molecule has 0 atom stereocenters. The number of unbranched alkanes of at least 4 members (excludes halogenated alkanes) is 15. The van der Waals surface area contributed by atoms with Crippen LogP contribution in [0.15, 0.2) is 0 Å². The molecule has 29 heavy (non-hydrogen) atoms. The Bertz CT molecular complexity index is 304. The molecule has 2 nitrogen and oxygen atoms in total. The Labute approximate surface area is 200 Å². The van der Waals surface area contributed by atoms with E-state index < -0.39 is 0 Å². The maximum absolute atomic E-state index is 12.6. The third kappa shape index (κ3) is 22.8. The van der Waals surface area contributed by atoms with E-state index in [0.717, 1.165) is 19.3 Å². The fourth-order valence-corrected chi connectivity index (χ4v) is 3.90. The molecule has 0 bridgehead atoms. The third-order valence-corrected chi connectivity index (χ3v) is 5.89. The summed E-state index contributed by atoms with van der Waals surface area (Å²) in [6.45, 7) is 7.40. The summed E-state index contributed by atoms with van der Waals surface area (Å²) in [6.07, 6.45) is 25.1. The molecule has 0 unspecified atom stereocenters. The first kappa shape index (κ1) is 31.5. The zero-order chi connectivity index (χ0) is 20.7. The summed E-state index contributed by atoms with van der Waals surface area (Å²) < 4.78 is 5.66. The molecule has 176 valence electrons. The predicted octanol–water partition coefficient (Wildman–Crippen LogP) is 7.56. The molecule has 0 saturated carbocycles. The molecule has 0 aromatic heterocycles. The van der Waals surface area contributed by atoms with Crippen LogP contribution in [0.2, 0.25) is 0 Å². The standard InChI is InChI=1S/C26H52O2.Sn.4H/c1-4-7-10-13-16-19-22-25(23-20-17-14-11-8-5-2)26(27)28-24-21-18-15-12-9-6-3;;;;;/h25H,4-24H2,1-3H3;;;;;. The molecule has 0 heterocycles. The molecule has 0 aliphatic carbocycles. The molecular formula is C26H56O2Sn. The fourth-order valence-electron chi connectivity index (χ4n) is 3.90. The average molecular weight is 519 g/mol. The Hall–Kier alpha value is 0.269. The normalized spacial score (nSPS) is 10.9. The topological polar surface area (TPSA) is 26.3 Å². The van der Waals surface area contributed by atoms with E-state index in [0.29, 0.717) is 6.61 Å². The van der Waals surface area contributed by atoms with Crippen molar-refractivity contribution in [3.63, 3.8) is 0 Å². The monoisotopic (exact) mass is 520 g/mol. The molecular weight excluding hydrogens is 463 g/mol. The van der Waals surface area contributed by atoms with Gasteiger partial charge in [0.2, 0.25) is 0 Å². The van der Waals surface area contributed by atoms with Gasteiger partial charge < -0.3 is 4.74 Å². The Balaban J connectivity index is 0. The zero-order valence-electron chi connectivity index (χ0n) is 19.7. The van der Waals surface area contributed by atoms with Crippen LogP contribution >= 0.6 is 0 Å². The fraction of sp³-hybridized carbons (Fsp3) is 0.962. The molecule has 0 rings (SSSR count). The van der Waals surface area contributed by atoms with Crippen molar-refractivity contribution in [1.82, 2.24) is 0 Å². The number of hydrogen-bond donors (Lipinski definition) is 0. The van der Waals surface area contributed by atoms with E-state index in [2.05, 4.69) is 20.8 Å². The van der Waals surface area contributed by atoms with Crippen LogP contribution in [0.5, 0.6) is 0 Å². The average Bonchev–Trinajstić information content (AvgIpc) is 2.70. The van der Waals surface area contributed by atoms with Crippen LogP contribution in [-0.2, 0) is 9.53 Å². The van der Waals surface area contributed by atoms with Crippen molar-refractivity contribution in [2.45, 2.75) is 149 Å². The minimum absolute atomic E-state index is 0. The Kier molecular flexibility index (Phi) is 28.5. The van der Waals surface area contributed by atoms with E-state index in [1.165, 1.54) is 109 Å². The second-order valence-corrected chi connectivity index (χ2v) is 8.75. The van der Waals surface area contributed by atoms with Gasteiger partial charge in [0.25, 0.3) is 0 Å².